The molecule has 5 nitrogen and oxygen atoms in total. The maximum atomic E-state index is 12.4. The number of piperazine rings is 1. The largest absolute Gasteiger partial charge is 0.330 e. The van der Waals surface area contributed by atoms with Crippen molar-refractivity contribution in [2.24, 2.45) is 5.73 Å². The Bertz CT molecular complexity index is 368. The summed E-state index contributed by atoms with van der Waals surface area (Å²) in [4.78, 5) is 2.38. The standard InChI is InChI=1S/C13H29N3O2S/c1-5-12(6-7-14)15-8-10-16(11-9-15)19(17,18)13(2,3)4/h12H,5-11,14H2,1-4H3. The fourth-order valence-electron chi connectivity index (χ4n) is 2.53. The molecule has 0 aromatic rings. The van der Waals surface area contributed by atoms with Crippen molar-refractivity contribution in [2.45, 2.75) is 51.3 Å². The Morgan fingerprint density at radius 1 is 1.16 bits per heavy atom. The molecule has 1 saturated heterocycles. The molecule has 1 aliphatic rings. The molecule has 0 amide bonds. The monoisotopic (exact) mass is 291 g/mol. The van der Waals surface area contributed by atoms with Gasteiger partial charge in [0.05, 0.1) is 4.75 Å². The Morgan fingerprint density at radius 2 is 1.68 bits per heavy atom. The van der Waals surface area contributed by atoms with Crippen molar-refractivity contribution in [2.75, 3.05) is 32.7 Å². The second-order valence-corrected chi connectivity index (χ2v) is 8.88. The van der Waals surface area contributed by atoms with Crippen LogP contribution in [0.3, 0.4) is 0 Å². The van der Waals surface area contributed by atoms with Crippen LogP contribution in [0.4, 0.5) is 0 Å². The van der Waals surface area contributed by atoms with Crippen LogP contribution in [0.1, 0.15) is 40.5 Å². The summed E-state index contributed by atoms with van der Waals surface area (Å²) in [6.07, 6.45) is 2.06. The Hall–Kier alpha value is -0.170. The first kappa shape index (κ1) is 16.9. The third kappa shape index (κ3) is 3.90. The second kappa shape index (κ2) is 6.52. The van der Waals surface area contributed by atoms with E-state index in [1.165, 1.54) is 0 Å². The van der Waals surface area contributed by atoms with Gasteiger partial charge in [0.1, 0.15) is 0 Å². The highest BCUT2D eigenvalue weighted by molar-refractivity contribution is 7.90. The molecule has 0 aliphatic carbocycles. The summed E-state index contributed by atoms with van der Waals surface area (Å²) in [6.45, 7) is 11.0. The minimum atomic E-state index is -3.19. The minimum absolute atomic E-state index is 0.490. The molecule has 1 aliphatic heterocycles. The molecule has 1 unspecified atom stereocenters. The first-order valence-corrected chi connectivity index (χ1v) is 8.62. The molecular formula is C13H29N3O2S. The molecule has 0 aromatic heterocycles. The molecule has 0 radical (unpaired) electrons. The number of rotatable bonds is 5. The van der Waals surface area contributed by atoms with Gasteiger partial charge in [0.15, 0.2) is 0 Å². The highest BCUT2D eigenvalue weighted by atomic mass is 32.2. The van der Waals surface area contributed by atoms with Crippen LogP contribution in [0.25, 0.3) is 0 Å². The Balaban J connectivity index is 2.63. The van der Waals surface area contributed by atoms with E-state index in [0.29, 0.717) is 25.7 Å². The lowest BCUT2D eigenvalue weighted by atomic mass is 10.1. The van der Waals surface area contributed by atoms with Crippen molar-refractivity contribution < 1.29 is 8.42 Å². The molecule has 1 heterocycles. The molecule has 19 heavy (non-hydrogen) atoms. The fraction of sp³-hybridized carbons (Fsp3) is 1.00. The molecule has 1 fully saturated rings. The fourth-order valence-corrected chi connectivity index (χ4v) is 3.95. The molecule has 1 rings (SSSR count). The SMILES string of the molecule is CCC(CCN)N1CCN(S(=O)(=O)C(C)(C)C)CC1. The number of sulfonamides is 1. The zero-order chi connectivity index (χ0) is 14.7. The van der Waals surface area contributed by atoms with E-state index in [0.717, 1.165) is 25.9 Å². The second-order valence-electron chi connectivity index (χ2n) is 6.19. The van der Waals surface area contributed by atoms with E-state index >= 15 is 0 Å². The molecule has 0 bridgehead atoms. The van der Waals surface area contributed by atoms with Gasteiger partial charge in [-0.1, -0.05) is 6.92 Å². The van der Waals surface area contributed by atoms with Gasteiger partial charge < -0.3 is 5.73 Å². The Labute approximate surface area is 118 Å². The first-order valence-electron chi connectivity index (χ1n) is 7.17. The minimum Gasteiger partial charge on any atom is -0.330 e. The van der Waals surface area contributed by atoms with Crippen LogP contribution in [0.15, 0.2) is 0 Å². The van der Waals surface area contributed by atoms with Crippen molar-refractivity contribution in [3.8, 4) is 0 Å². The maximum absolute atomic E-state index is 12.4. The summed E-state index contributed by atoms with van der Waals surface area (Å²) in [5.74, 6) is 0. The molecular weight excluding hydrogens is 262 g/mol. The van der Waals surface area contributed by atoms with E-state index in [1.54, 1.807) is 25.1 Å². The average molecular weight is 291 g/mol. The average Bonchev–Trinajstić information content (AvgIpc) is 2.35. The lowest BCUT2D eigenvalue weighted by Crippen LogP contribution is -2.55. The summed E-state index contributed by atoms with van der Waals surface area (Å²) >= 11 is 0. The van der Waals surface area contributed by atoms with Gasteiger partial charge in [0.2, 0.25) is 10.0 Å². The van der Waals surface area contributed by atoms with Gasteiger partial charge in [0.25, 0.3) is 0 Å². The molecule has 2 N–H and O–H groups in total. The highest BCUT2D eigenvalue weighted by Crippen LogP contribution is 2.22. The molecule has 0 aromatic carbocycles. The highest BCUT2D eigenvalue weighted by Gasteiger charge is 2.37. The van der Waals surface area contributed by atoms with Gasteiger partial charge in [-0.3, -0.25) is 4.90 Å². The topological polar surface area (TPSA) is 66.6 Å². The van der Waals surface area contributed by atoms with Crippen LogP contribution >= 0.6 is 0 Å². The van der Waals surface area contributed by atoms with Crippen molar-refractivity contribution in [1.82, 2.24) is 9.21 Å². The first-order chi connectivity index (χ1) is 8.74. The van der Waals surface area contributed by atoms with E-state index in [4.69, 9.17) is 5.73 Å². The number of nitrogens with zero attached hydrogens (tertiary/aromatic N) is 2. The van der Waals surface area contributed by atoms with Crippen LogP contribution in [-0.2, 0) is 10.0 Å². The van der Waals surface area contributed by atoms with Crippen LogP contribution in [-0.4, -0.2) is 61.1 Å². The van der Waals surface area contributed by atoms with E-state index < -0.39 is 14.8 Å². The van der Waals surface area contributed by atoms with Crippen LogP contribution in [0.5, 0.6) is 0 Å². The maximum Gasteiger partial charge on any atom is 0.219 e. The quantitative estimate of drug-likeness (QED) is 0.816. The van der Waals surface area contributed by atoms with E-state index in [1.807, 2.05) is 0 Å². The van der Waals surface area contributed by atoms with Crippen LogP contribution in [0.2, 0.25) is 0 Å². The summed E-state index contributed by atoms with van der Waals surface area (Å²) in [7, 11) is -3.19. The zero-order valence-electron chi connectivity index (χ0n) is 12.7. The zero-order valence-corrected chi connectivity index (χ0v) is 13.5. The lowest BCUT2D eigenvalue weighted by molar-refractivity contribution is 0.128. The van der Waals surface area contributed by atoms with E-state index in [9.17, 15) is 8.42 Å². The summed E-state index contributed by atoms with van der Waals surface area (Å²) in [6, 6.07) is 0.490. The molecule has 0 spiro atoms. The van der Waals surface area contributed by atoms with Gasteiger partial charge in [-0.2, -0.15) is 4.31 Å². The molecule has 114 valence electrons. The van der Waals surface area contributed by atoms with Crippen molar-refractivity contribution in [1.29, 1.82) is 0 Å². The van der Waals surface area contributed by atoms with Crippen LogP contribution < -0.4 is 5.73 Å². The Kier molecular flexibility index (Phi) is 5.79. The number of hydrogen-bond acceptors (Lipinski definition) is 4. The van der Waals surface area contributed by atoms with Gasteiger partial charge in [-0.25, -0.2) is 8.42 Å². The van der Waals surface area contributed by atoms with Crippen LogP contribution in [0, 0.1) is 0 Å². The summed E-state index contributed by atoms with van der Waals surface area (Å²) in [5, 5.41) is 0. The predicted molar refractivity (Wildman–Crippen MR) is 79.6 cm³/mol. The summed E-state index contributed by atoms with van der Waals surface area (Å²) < 4.78 is 25.7. The third-order valence-electron chi connectivity index (χ3n) is 3.87. The van der Waals surface area contributed by atoms with E-state index in [2.05, 4.69) is 11.8 Å². The van der Waals surface area contributed by atoms with Crippen molar-refractivity contribution in [3.05, 3.63) is 0 Å². The van der Waals surface area contributed by atoms with Gasteiger partial charge >= 0.3 is 0 Å². The van der Waals surface area contributed by atoms with E-state index in [-0.39, 0.29) is 0 Å². The smallest absolute Gasteiger partial charge is 0.219 e. The lowest BCUT2D eigenvalue weighted by Gasteiger charge is -2.40. The van der Waals surface area contributed by atoms with Crippen molar-refractivity contribution >= 4 is 10.0 Å². The van der Waals surface area contributed by atoms with Gasteiger partial charge in [-0.05, 0) is 40.2 Å². The normalized spacial score (nSPS) is 21.5. The Morgan fingerprint density at radius 3 is 2.05 bits per heavy atom. The predicted octanol–water partition coefficient (Wildman–Crippen LogP) is 0.860. The molecule has 1 atom stereocenters. The van der Waals surface area contributed by atoms with Gasteiger partial charge in [-0.15, -0.1) is 0 Å². The molecule has 6 heteroatoms. The van der Waals surface area contributed by atoms with Crippen molar-refractivity contribution in [3.63, 3.8) is 0 Å². The summed E-state index contributed by atoms with van der Waals surface area (Å²) in [5.41, 5.74) is 5.63. The third-order valence-corrected chi connectivity index (χ3v) is 6.47. The number of nitrogens with two attached hydrogens (primary N) is 1. The number of hydrogen-bond donors (Lipinski definition) is 1. The molecule has 0 saturated carbocycles. The van der Waals surface area contributed by atoms with Gasteiger partial charge in [0, 0.05) is 32.2 Å².